The van der Waals surface area contributed by atoms with E-state index in [0.29, 0.717) is 16.7 Å². The molecular formula is C18H29N3O2S2. The smallest absolute Gasteiger partial charge is 0.193 e. The van der Waals surface area contributed by atoms with Gasteiger partial charge >= 0.3 is 0 Å². The zero-order chi connectivity index (χ0) is 18.3. The molecule has 0 radical (unpaired) electrons. The maximum absolute atomic E-state index is 11.5. The highest BCUT2D eigenvalue weighted by molar-refractivity contribution is 8.00. The highest BCUT2D eigenvalue weighted by Gasteiger charge is 2.21. The van der Waals surface area contributed by atoms with Gasteiger partial charge in [0.25, 0.3) is 0 Å². The lowest BCUT2D eigenvalue weighted by molar-refractivity contribution is 0.408. The zero-order valence-corrected chi connectivity index (χ0v) is 17.0. The van der Waals surface area contributed by atoms with E-state index < -0.39 is 9.84 Å². The van der Waals surface area contributed by atoms with Crippen molar-refractivity contribution in [2.24, 2.45) is 4.99 Å². The summed E-state index contributed by atoms with van der Waals surface area (Å²) in [5.41, 5.74) is 1.10. The standard InChI is InChI=1S/C18H29N3O2S2/c1-4-16-14-21(12-13-24-16)18(19-5-2)20-11-10-15-6-8-17(9-7-15)25(3,22)23/h6-9,16H,4-5,10-14H2,1-3H3,(H,19,20). The first kappa shape index (κ1) is 20.1. The third kappa shape index (κ3) is 6.22. The maximum atomic E-state index is 11.5. The van der Waals surface area contributed by atoms with E-state index in [-0.39, 0.29) is 0 Å². The van der Waals surface area contributed by atoms with Crippen molar-refractivity contribution in [2.75, 3.05) is 38.2 Å². The molecule has 25 heavy (non-hydrogen) atoms. The van der Waals surface area contributed by atoms with Crippen molar-refractivity contribution in [3.63, 3.8) is 0 Å². The second kappa shape index (κ2) is 9.48. The molecule has 0 aromatic heterocycles. The lowest BCUT2D eigenvalue weighted by Gasteiger charge is -2.34. The molecule has 0 spiro atoms. The Morgan fingerprint density at radius 1 is 1.32 bits per heavy atom. The predicted molar refractivity (Wildman–Crippen MR) is 107 cm³/mol. The van der Waals surface area contributed by atoms with E-state index >= 15 is 0 Å². The number of guanidine groups is 1. The predicted octanol–water partition coefficient (Wildman–Crippen LogP) is 2.43. The molecule has 1 aliphatic rings. The van der Waals surface area contributed by atoms with Gasteiger partial charge in [-0.05, 0) is 37.5 Å². The number of rotatable bonds is 6. The minimum absolute atomic E-state index is 0.365. The molecule has 140 valence electrons. The van der Waals surface area contributed by atoms with Gasteiger partial charge in [-0.15, -0.1) is 0 Å². The van der Waals surface area contributed by atoms with Crippen LogP contribution >= 0.6 is 11.8 Å². The van der Waals surface area contributed by atoms with Gasteiger partial charge in [-0.3, -0.25) is 4.99 Å². The highest BCUT2D eigenvalue weighted by atomic mass is 32.2. The van der Waals surface area contributed by atoms with Gasteiger partial charge in [-0.1, -0.05) is 19.1 Å². The van der Waals surface area contributed by atoms with Gasteiger partial charge in [0.05, 0.1) is 4.90 Å². The van der Waals surface area contributed by atoms with Crippen LogP contribution in [0.15, 0.2) is 34.2 Å². The number of aliphatic imine (C=N–C) groups is 1. The summed E-state index contributed by atoms with van der Waals surface area (Å²) in [5.74, 6) is 2.14. The minimum atomic E-state index is -3.13. The topological polar surface area (TPSA) is 61.8 Å². The van der Waals surface area contributed by atoms with E-state index in [1.54, 1.807) is 12.1 Å². The average Bonchev–Trinajstić information content (AvgIpc) is 2.61. The molecule has 0 saturated carbocycles. The highest BCUT2D eigenvalue weighted by Crippen LogP contribution is 2.21. The Hall–Kier alpha value is -1.21. The Labute approximate surface area is 156 Å². The normalized spacial score (nSPS) is 19.1. The van der Waals surface area contributed by atoms with Crippen molar-refractivity contribution in [3.05, 3.63) is 29.8 Å². The van der Waals surface area contributed by atoms with Gasteiger partial charge in [0, 0.05) is 43.4 Å². The summed E-state index contributed by atoms with van der Waals surface area (Å²) in [6.45, 7) is 7.98. The fourth-order valence-corrected chi connectivity index (χ4v) is 4.59. The minimum Gasteiger partial charge on any atom is -0.357 e. The Morgan fingerprint density at radius 2 is 2.04 bits per heavy atom. The largest absolute Gasteiger partial charge is 0.357 e. The Bertz CT molecular complexity index is 672. The molecular weight excluding hydrogens is 354 g/mol. The number of nitrogens with one attached hydrogen (secondary N) is 1. The summed E-state index contributed by atoms with van der Waals surface area (Å²) in [5, 5.41) is 4.08. The lowest BCUT2D eigenvalue weighted by atomic mass is 10.1. The summed E-state index contributed by atoms with van der Waals surface area (Å²) in [4.78, 5) is 7.50. The van der Waals surface area contributed by atoms with Crippen molar-refractivity contribution in [1.29, 1.82) is 0 Å². The molecule has 1 aromatic carbocycles. The summed E-state index contributed by atoms with van der Waals surface area (Å²) < 4.78 is 23.0. The van der Waals surface area contributed by atoms with Crippen LogP contribution in [-0.4, -0.2) is 62.7 Å². The van der Waals surface area contributed by atoms with Crippen molar-refractivity contribution in [1.82, 2.24) is 10.2 Å². The molecule has 1 heterocycles. The number of hydrogen-bond donors (Lipinski definition) is 1. The number of thioether (sulfide) groups is 1. The zero-order valence-electron chi connectivity index (χ0n) is 15.4. The van der Waals surface area contributed by atoms with Crippen LogP contribution in [0.2, 0.25) is 0 Å². The van der Waals surface area contributed by atoms with E-state index in [1.807, 2.05) is 12.1 Å². The van der Waals surface area contributed by atoms with E-state index in [0.717, 1.165) is 43.3 Å². The number of benzene rings is 1. The van der Waals surface area contributed by atoms with Crippen molar-refractivity contribution < 1.29 is 8.42 Å². The maximum Gasteiger partial charge on any atom is 0.193 e. The SMILES string of the molecule is CCNC(=NCCc1ccc(S(C)(=O)=O)cc1)N1CCSC(CC)C1. The van der Waals surface area contributed by atoms with Crippen LogP contribution in [0.3, 0.4) is 0 Å². The molecule has 5 nitrogen and oxygen atoms in total. The molecule has 0 aliphatic carbocycles. The summed E-state index contributed by atoms with van der Waals surface area (Å²) >= 11 is 2.05. The van der Waals surface area contributed by atoms with Crippen LogP contribution in [0.4, 0.5) is 0 Å². The number of sulfone groups is 1. The molecule has 1 aliphatic heterocycles. The van der Waals surface area contributed by atoms with E-state index in [4.69, 9.17) is 4.99 Å². The molecule has 1 fully saturated rings. The van der Waals surface area contributed by atoms with E-state index in [9.17, 15) is 8.42 Å². The summed E-state index contributed by atoms with van der Waals surface area (Å²) in [7, 11) is -3.13. The molecule has 1 saturated heterocycles. The van der Waals surface area contributed by atoms with Gasteiger partial charge in [-0.2, -0.15) is 11.8 Å². The van der Waals surface area contributed by atoms with Crippen molar-refractivity contribution in [2.45, 2.75) is 36.8 Å². The van der Waals surface area contributed by atoms with Gasteiger partial charge in [0.15, 0.2) is 15.8 Å². The van der Waals surface area contributed by atoms with Crippen LogP contribution in [0, 0.1) is 0 Å². The summed E-state index contributed by atoms with van der Waals surface area (Å²) in [6.07, 6.45) is 3.22. The monoisotopic (exact) mass is 383 g/mol. The fourth-order valence-electron chi connectivity index (χ4n) is 2.78. The molecule has 7 heteroatoms. The lowest BCUT2D eigenvalue weighted by Crippen LogP contribution is -2.48. The molecule has 1 aromatic rings. The van der Waals surface area contributed by atoms with Gasteiger partial charge in [-0.25, -0.2) is 8.42 Å². The molecule has 0 bridgehead atoms. The van der Waals surface area contributed by atoms with Crippen LogP contribution in [0.5, 0.6) is 0 Å². The van der Waals surface area contributed by atoms with Gasteiger partial charge in [0.1, 0.15) is 0 Å². The molecule has 2 rings (SSSR count). The van der Waals surface area contributed by atoms with Crippen LogP contribution < -0.4 is 5.32 Å². The first-order valence-electron chi connectivity index (χ1n) is 8.88. The fraction of sp³-hybridized carbons (Fsp3) is 0.611. The van der Waals surface area contributed by atoms with Crippen LogP contribution in [-0.2, 0) is 16.3 Å². The quantitative estimate of drug-likeness (QED) is 0.604. The molecule has 1 unspecified atom stereocenters. The molecule has 0 amide bonds. The Morgan fingerprint density at radius 3 is 2.64 bits per heavy atom. The Balaban J connectivity index is 1.97. The number of hydrogen-bond acceptors (Lipinski definition) is 4. The van der Waals surface area contributed by atoms with E-state index in [1.165, 1.54) is 12.7 Å². The van der Waals surface area contributed by atoms with E-state index in [2.05, 4.69) is 35.8 Å². The van der Waals surface area contributed by atoms with Crippen molar-refractivity contribution >= 4 is 27.6 Å². The third-order valence-corrected chi connectivity index (χ3v) is 6.74. The summed E-state index contributed by atoms with van der Waals surface area (Å²) in [6, 6.07) is 7.10. The number of nitrogens with zero attached hydrogens (tertiary/aromatic N) is 2. The second-order valence-electron chi connectivity index (χ2n) is 6.25. The van der Waals surface area contributed by atoms with Gasteiger partial charge < -0.3 is 10.2 Å². The Kier molecular flexibility index (Phi) is 7.62. The van der Waals surface area contributed by atoms with Gasteiger partial charge in [0.2, 0.25) is 0 Å². The average molecular weight is 384 g/mol. The molecule has 1 atom stereocenters. The van der Waals surface area contributed by atoms with Crippen molar-refractivity contribution in [3.8, 4) is 0 Å². The second-order valence-corrected chi connectivity index (χ2v) is 9.67. The first-order chi connectivity index (χ1) is 11.9. The van der Waals surface area contributed by atoms with Crippen LogP contribution in [0.1, 0.15) is 25.8 Å². The van der Waals surface area contributed by atoms with Crippen LogP contribution in [0.25, 0.3) is 0 Å². The molecule has 1 N–H and O–H groups in total. The third-order valence-electron chi connectivity index (χ3n) is 4.24. The first-order valence-corrected chi connectivity index (χ1v) is 11.8.